The molecular formula is C13H11ClFNO3S. The normalized spacial score (nSPS) is 11.4. The van der Waals surface area contributed by atoms with Gasteiger partial charge >= 0.3 is 0 Å². The molecule has 0 fully saturated rings. The van der Waals surface area contributed by atoms with Crippen molar-refractivity contribution in [1.29, 1.82) is 0 Å². The molecule has 2 aromatic rings. The highest BCUT2D eigenvalue weighted by Crippen LogP contribution is 2.32. The van der Waals surface area contributed by atoms with Crippen LogP contribution in [0, 0.1) is 12.7 Å². The Hall–Kier alpha value is -1.63. The van der Waals surface area contributed by atoms with E-state index in [-0.39, 0.29) is 21.4 Å². The van der Waals surface area contributed by atoms with Crippen molar-refractivity contribution in [2.24, 2.45) is 5.14 Å². The summed E-state index contributed by atoms with van der Waals surface area (Å²) >= 11 is 5.91. The lowest BCUT2D eigenvalue weighted by molar-refractivity contribution is 0.441. The van der Waals surface area contributed by atoms with Gasteiger partial charge in [0.15, 0.2) is 11.6 Å². The Morgan fingerprint density at radius 3 is 2.45 bits per heavy atom. The zero-order chi connectivity index (χ0) is 14.9. The molecule has 0 heterocycles. The van der Waals surface area contributed by atoms with Crippen LogP contribution in [0.3, 0.4) is 0 Å². The molecule has 0 spiro atoms. The molecule has 0 amide bonds. The quantitative estimate of drug-likeness (QED) is 0.945. The van der Waals surface area contributed by atoms with Crippen molar-refractivity contribution >= 4 is 21.6 Å². The van der Waals surface area contributed by atoms with E-state index >= 15 is 0 Å². The lowest BCUT2D eigenvalue weighted by Gasteiger charge is -2.10. The Bertz CT molecular complexity index is 762. The summed E-state index contributed by atoms with van der Waals surface area (Å²) < 4.78 is 41.3. The molecule has 4 nitrogen and oxygen atoms in total. The number of hydrogen-bond acceptors (Lipinski definition) is 3. The van der Waals surface area contributed by atoms with Crippen molar-refractivity contribution in [3.05, 3.63) is 52.8 Å². The molecule has 0 bridgehead atoms. The van der Waals surface area contributed by atoms with E-state index in [0.717, 1.165) is 11.6 Å². The number of ether oxygens (including phenoxy) is 1. The largest absolute Gasteiger partial charge is 0.453 e. The average molecular weight is 316 g/mol. The average Bonchev–Trinajstić information content (AvgIpc) is 2.35. The number of primary sulfonamides is 1. The maximum Gasteiger partial charge on any atom is 0.238 e. The fourth-order valence-corrected chi connectivity index (χ4v) is 2.37. The molecule has 0 saturated heterocycles. The first-order valence-electron chi connectivity index (χ1n) is 5.54. The van der Waals surface area contributed by atoms with Crippen molar-refractivity contribution in [3.63, 3.8) is 0 Å². The molecule has 0 atom stereocenters. The fraction of sp³-hybridized carbons (Fsp3) is 0.0769. The van der Waals surface area contributed by atoms with Crippen molar-refractivity contribution in [2.45, 2.75) is 11.8 Å². The minimum absolute atomic E-state index is 0.00950. The van der Waals surface area contributed by atoms with Gasteiger partial charge in [-0.1, -0.05) is 17.7 Å². The van der Waals surface area contributed by atoms with Crippen LogP contribution >= 0.6 is 11.6 Å². The van der Waals surface area contributed by atoms with Crippen molar-refractivity contribution in [3.8, 4) is 11.5 Å². The third kappa shape index (κ3) is 3.27. The van der Waals surface area contributed by atoms with E-state index in [1.165, 1.54) is 24.3 Å². The SMILES string of the molecule is Cc1ccc(F)c(Oc2ccc(S(N)(=O)=O)cc2Cl)c1. The molecule has 0 saturated carbocycles. The van der Waals surface area contributed by atoms with Gasteiger partial charge in [0.05, 0.1) is 9.92 Å². The lowest BCUT2D eigenvalue weighted by atomic mass is 10.2. The zero-order valence-electron chi connectivity index (χ0n) is 10.4. The standard InChI is InChI=1S/C13H11ClFNO3S/c1-8-2-4-11(15)13(6-8)19-12-5-3-9(7-10(12)14)20(16,17)18/h2-7H,1H3,(H2,16,17,18). The van der Waals surface area contributed by atoms with Crippen LogP contribution in [0.15, 0.2) is 41.3 Å². The Kier molecular flexibility index (Phi) is 3.99. The van der Waals surface area contributed by atoms with Gasteiger partial charge in [-0.05, 0) is 42.8 Å². The highest BCUT2D eigenvalue weighted by Gasteiger charge is 2.13. The van der Waals surface area contributed by atoms with E-state index in [4.69, 9.17) is 21.5 Å². The molecule has 0 unspecified atom stereocenters. The van der Waals surface area contributed by atoms with Crippen LogP contribution in [0.4, 0.5) is 4.39 Å². The summed E-state index contributed by atoms with van der Waals surface area (Å²) in [5, 5.41) is 5.01. The highest BCUT2D eigenvalue weighted by atomic mass is 35.5. The zero-order valence-corrected chi connectivity index (χ0v) is 12.0. The second kappa shape index (κ2) is 5.40. The molecule has 2 N–H and O–H groups in total. The summed E-state index contributed by atoms with van der Waals surface area (Å²) in [6.07, 6.45) is 0. The van der Waals surface area contributed by atoms with Gasteiger partial charge in [0.1, 0.15) is 5.75 Å². The second-order valence-corrected chi connectivity index (χ2v) is 6.14. The van der Waals surface area contributed by atoms with Gasteiger partial charge in [-0.3, -0.25) is 0 Å². The smallest absolute Gasteiger partial charge is 0.238 e. The van der Waals surface area contributed by atoms with Crippen molar-refractivity contribution in [2.75, 3.05) is 0 Å². The number of hydrogen-bond donors (Lipinski definition) is 1. The number of sulfonamides is 1. The number of nitrogens with two attached hydrogens (primary N) is 1. The van der Waals surface area contributed by atoms with Gasteiger partial charge in [-0.2, -0.15) is 0 Å². The fourth-order valence-electron chi connectivity index (χ4n) is 1.55. The monoisotopic (exact) mass is 315 g/mol. The van der Waals surface area contributed by atoms with Crippen LogP contribution < -0.4 is 9.88 Å². The Morgan fingerprint density at radius 1 is 1.15 bits per heavy atom. The Morgan fingerprint density at radius 2 is 1.85 bits per heavy atom. The summed E-state index contributed by atoms with van der Waals surface area (Å²) in [5.74, 6) is -0.388. The van der Waals surface area contributed by atoms with Crippen LogP contribution in [-0.2, 0) is 10.0 Å². The maximum atomic E-state index is 13.6. The molecule has 0 aliphatic carbocycles. The minimum Gasteiger partial charge on any atom is -0.453 e. The first-order chi connectivity index (χ1) is 9.27. The predicted molar refractivity (Wildman–Crippen MR) is 74.0 cm³/mol. The molecule has 0 aliphatic rings. The number of rotatable bonds is 3. The second-order valence-electron chi connectivity index (χ2n) is 4.17. The van der Waals surface area contributed by atoms with Gasteiger partial charge < -0.3 is 4.74 Å². The van der Waals surface area contributed by atoms with Gasteiger partial charge in [-0.25, -0.2) is 17.9 Å². The first kappa shape index (κ1) is 14.8. The number of benzene rings is 2. The van der Waals surface area contributed by atoms with Gasteiger partial charge in [0, 0.05) is 0 Å². The lowest BCUT2D eigenvalue weighted by Crippen LogP contribution is -2.11. The molecule has 7 heteroatoms. The van der Waals surface area contributed by atoms with Crippen molar-refractivity contribution in [1.82, 2.24) is 0 Å². The van der Waals surface area contributed by atoms with Crippen LogP contribution in [0.5, 0.6) is 11.5 Å². The van der Waals surface area contributed by atoms with Crippen LogP contribution in [0.1, 0.15) is 5.56 Å². The first-order valence-corrected chi connectivity index (χ1v) is 7.46. The van der Waals surface area contributed by atoms with Crippen LogP contribution in [0.25, 0.3) is 0 Å². The van der Waals surface area contributed by atoms with Gasteiger partial charge in [0.25, 0.3) is 0 Å². The Labute approximate surface area is 121 Å². The molecule has 106 valence electrons. The highest BCUT2D eigenvalue weighted by molar-refractivity contribution is 7.89. The van der Waals surface area contributed by atoms with E-state index in [1.807, 2.05) is 0 Å². The molecular weight excluding hydrogens is 305 g/mol. The number of halogens is 2. The molecule has 0 aliphatic heterocycles. The van der Waals surface area contributed by atoms with Gasteiger partial charge in [0.2, 0.25) is 10.0 Å². The number of aryl methyl sites for hydroxylation is 1. The van der Waals surface area contributed by atoms with E-state index in [2.05, 4.69) is 0 Å². The maximum absolute atomic E-state index is 13.6. The molecule has 20 heavy (non-hydrogen) atoms. The molecule has 2 rings (SSSR count). The third-order valence-corrected chi connectivity index (χ3v) is 3.74. The summed E-state index contributed by atoms with van der Waals surface area (Å²) in [6.45, 7) is 1.79. The van der Waals surface area contributed by atoms with E-state index in [9.17, 15) is 12.8 Å². The van der Waals surface area contributed by atoms with Crippen molar-refractivity contribution < 1.29 is 17.5 Å². The Balaban J connectivity index is 2.38. The molecule has 0 aromatic heterocycles. The van der Waals surface area contributed by atoms with Crippen LogP contribution in [0.2, 0.25) is 5.02 Å². The van der Waals surface area contributed by atoms with E-state index in [0.29, 0.717) is 0 Å². The minimum atomic E-state index is -3.84. The summed E-state index contributed by atoms with van der Waals surface area (Å²) in [7, 11) is -3.84. The molecule has 0 radical (unpaired) electrons. The predicted octanol–water partition coefficient (Wildman–Crippen LogP) is 3.23. The molecule has 2 aromatic carbocycles. The van der Waals surface area contributed by atoms with E-state index < -0.39 is 15.8 Å². The van der Waals surface area contributed by atoms with Crippen LogP contribution in [-0.4, -0.2) is 8.42 Å². The summed E-state index contributed by atoms with van der Waals surface area (Å²) in [4.78, 5) is -0.139. The topological polar surface area (TPSA) is 69.4 Å². The van der Waals surface area contributed by atoms with Gasteiger partial charge in [-0.15, -0.1) is 0 Å². The van der Waals surface area contributed by atoms with E-state index in [1.54, 1.807) is 13.0 Å². The third-order valence-electron chi connectivity index (χ3n) is 2.54. The summed E-state index contributed by atoms with van der Waals surface area (Å²) in [5.41, 5.74) is 0.818. The summed E-state index contributed by atoms with van der Waals surface area (Å²) in [6, 6.07) is 8.11.